The number of benzene rings is 1. The van der Waals surface area contributed by atoms with Crippen molar-refractivity contribution in [3.8, 4) is 5.75 Å². The Labute approximate surface area is 166 Å². The first kappa shape index (κ1) is 21.5. The summed E-state index contributed by atoms with van der Waals surface area (Å²) < 4.78 is 5.25. The molecule has 7 heteroatoms. The van der Waals surface area contributed by atoms with Crippen LogP contribution in [0.3, 0.4) is 0 Å². The zero-order chi connectivity index (χ0) is 20.0. The predicted molar refractivity (Wildman–Crippen MR) is 108 cm³/mol. The molecule has 2 atom stereocenters. The zero-order valence-corrected chi connectivity index (χ0v) is 17.4. The first-order valence-electron chi connectivity index (χ1n) is 9.51. The maximum Gasteiger partial charge on any atom is 0.239 e. The van der Waals surface area contributed by atoms with Crippen molar-refractivity contribution >= 4 is 29.1 Å². The maximum atomic E-state index is 12.9. The number of nitrogens with one attached hydrogen (secondary N) is 1. The molecule has 0 radical (unpaired) electrons. The SMILES string of the molecule is CCC1CCCCN1C(=O)C(C)N(C)CC(=O)Nc1cc(Cl)ccc1OC. The van der Waals surface area contributed by atoms with Gasteiger partial charge in [0.25, 0.3) is 0 Å². The molecule has 0 spiro atoms. The van der Waals surface area contributed by atoms with Gasteiger partial charge in [0.1, 0.15) is 5.75 Å². The third-order valence-electron chi connectivity index (χ3n) is 5.23. The fraction of sp³-hybridized carbons (Fsp3) is 0.600. The van der Waals surface area contributed by atoms with E-state index in [1.807, 2.05) is 11.8 Å². The average Bonchev–Trinajstić information content (AvgIpc) is 2.66. The van der Waals surface area contributed by atoms with Gasteiger partial charge in [0.2, 0.25) is 11.8 Å². The Morgan fingerprint density at radius 3 is 2.81 bits per heavy atom. The molecule has 150 valence electrons. The quantitative estimate of drug-likeness (QED) is 0.768. The highest BCUT2D eigenvalue weighted by molar-refractivity contribution is 6.31. The standard InChI is InChI=1S/C20H30ClN3O3/c1-5-16-8-6-7-11-24(16)20(26)14(2)23(3)13-19(25)22-17-12-15(21)9-10-18(17)27-4/h9-10,12,14,16H,5-8,11,13H2,1-4H3,(H,22,25). The molecule has 1 saturated heterocycles. The number of hydrogen-bond acceptors (Lipinski definition) is 4. The van der Waals surface area contributed by atoms with Crippen molar-refractivity contribution in [2.75, 3.05) is 32.6 Å². The van der Waals surface area contributed by atoms with E-state index in [-0.39, 0.29) is 24.4 Å². The van der Waals surface area contributed by atoms with E-state index in [9.17, 15) is 9.59 Å². The van der Waals surface area contributed by atoms with Gasteiger partial charge in [0.05, 0.1) is 25.4 Å². The van der Waals surface area contributed by atoms with Crippen LogP contribution in [0.5, 0.6) is 5.75 Å². The number of methoxy groups -OCH3 is 1. The minimum absolute atomic E-state index is 0.0946. The molecule has 0 bridgehead atoms. The zero-order valence-electron chi connectivity index (χ0n) is 16.6. The summed E-state index contributed by atoms with van der Waals surface area (Å²) in [6.07, 6.45) is 4.26. The molecule has 0 aromatic heterocycles. The summed E-state index contributed by atoms with van der Waals surface area (Å²) >= 11 is 6.00. The van der Waals surface area contributed by atoms with Crippen molar-refractivity contribution in [2.24, 2.45) is 0 Å². The molecule has 1 aliphatic rings. The molecule has 6 nitrogen and oxygen atoms in total. The van der Waals surface area contributed by atoms with E-state index in [0.717, 1.165) is 25.8 Å². The highest BCUT2D eigenvalue weighted by atomic mass is 35.5. The monoisotopic (exact) mass is 395 g/mol. The van der Waals surface area contributed by atoms with Crippen LogP contribution in [0.4, 0.5) is 5.69 Å². The molecular formula is C20H30ClN3O3. The van der Waals surface area contributed by atoms with Gasteiger partial charge in [-0.15, -0.1) is 0 Å². The van der Waals surface area contributed by atoms with Crippen LogP contribution in [0.15, 0.2) is 18.2 Å². The Kier molecular flexibility index (Phi) is 7.92. The molecule has 0 saturated carbocycles. The fourth-order valence-electron chi connectivity index (χ4n) is 3.47. The van der Waals surface area contributed by atoms with E-state index < -0.39 is 0 Å². The third-order valence-corrected chi connectivity index (χ3v) is 5.46. The Bertz CT molecular complexity index is 668. The van der Waals surface area contributed by atoms with E-state index in [4.69, 9.17) is 16.3 Å². The number of halogens is 1. The number of rotatable bonds is 7. The lowest BCUT2D eigenvalue weighted by atomic mass is 9.99. The van der Waals surface area contributed by atoms with Crippen molar-refractivity contribution in [3.63, 3.8) is 0 Å². The molecule has 1 heterocycles. The van der Waals surface area contributed by atoms with Gasteiger partial charge in [-0.25, -0.2) is 0 Å². The summed E-state index contributed by atoms with van der Waals surface area (Å²) in [5.74, 6) is 0.416. The van der Waals surface area contributed by atoms with Crippen LogP contribution in [-0.4, -0.2) is 60.9 Å². The van der Waals surface area contributed by atoms with E-state index in [2.05, 4.69) is 12.2 Å². The Balaban J connectivity index is 1.97. The van der Waals surface area contributed by atoms with Gasteiger partial charge in [0.15, 0.2) is 0 Å². The number of nitrogens with zero attached hydrogens (tertiary/aromatic N) is 2. The molecule has 1 aliphatic heterocycles. The van der Waals surface area contributed by atoms with Crippen LogP contribution in [0.2, 0.25) is 5.02 Å². The highest BCUT2D eigenvalue weighted by Gasteiger charge is 2.30. The van der Waals surface area contributed by atoms with E-state index >= 15 is 0 Å². The number of likely N-dealkylation sites (tertiary alicyclic amines) is 1. The maximum absolute atomic E-state index is 12.9. The second kappa shape index (κ2) is 9.95. The van der Waals surface area contributed by atoms with Gasteiger partial charge in [0, 0.05) is 17.6 Å². The molecule has 27 heavy (non-hydrogen) atoms. The Morgan fingerprint density at radius 1 is 1.41 bits per heavy atom. The van der Waals surface area contributed by atoms with Crippen molar-refractivity contribution < 1.29 is 14.3 Å². The Hall–Kier alpha value is -1.79. The normalized spacial score (nSPS) is 18.3. The molecule has 1 aromatic carbocycles. The van der Waals surface area contributed by atoms with Crippen molar-refractivity contribution in [2.45, 2.75) is 51.6 Å². The number of carbonyl (C=O) groups is 2. The first-order valence-corrected chi connectivity index (χ1v) is 9.89. The van der Waals surface area contributed by atoms with Gasteiger partial charge in [-0.3, -0.25) is 14.5 Å². The average molecular weight is 396 g/mol. The second-order valence-corrected chi connectivity index (χ2v) is 7.51. The van der Waals surface area contributed by atoms with Gasteiger partial charge >= 0.3 is 0 Å². The van der Waals surface area contributed by atoms with Gasteiger partial charge in [-0.2, -0.15) is 0 Å². The molecule has 1 aromatic rings. The molecular weight excluding hydrogens is 366 g/mol. The number of likely N-dealkylation sites (N-methyl/N-ethyl adjacent to an activating group) is 1. The number of hydrogen-bond donors (Lipinski definition) is 1. The highest BCUT2D eigenvalue weighted by Crippen LogP contribution is 2.27. The molecule has 1 N–H and O–H groups in total. The van der Waals surface area contributed by atoms with Gasteiger partial charge in [-0.1, -0.05) is 18.5 Å². The third kappa shape index (κ3) is 5.59. The van der Waals surface area contributed by atoms with Crippen LogP contribution < -0.4 is 10.1 Å². The number of piperidine rings is 1. The second-order valence-electron chi connectivity index (χ2n) is 7.07. The summed E-state index contributed by atoms with van der Waals surface area (Å²) in [7, 11) is 3.33. The lowest BCUT2D eigenvalue weighted by molar-refractivity contribution is -0.140. The lowest BCUT2D eigenvalue weighted by Gasteiger charge is -2.38. The van der Waals surface area contributed by atoms with Crippen LogP contribution in [0.1, 0.15) is 39.5 Å². The van der Waals surface area contributed by atoms with Crippen LogP contribution >= 0.6 is 11.6 Å². The van der Waals surface area contributed by atoms with Crippen molar-refractivity contribution in [1.82, 2.24) is 9.80 Å². The lowest BCUT2D eigenvalue weighted by Crippen LogP contribution is -2.52. The summed E-state index contributed by atoms with van der Waals surface area (Å²) in [5, 5.41) is 3.32. The number of amides is 2. The largest absolute Gasteiger partial charge is 0.495 e. The molecule has 2 amide bonds. The van der Waals surface area contributed by atoms with Gasteiger partial charge in [-0.05, 0) is 57.9 Å². The summed E-state index contributed by atoms with van der Waals surface area (Å²) in [6.45, 7) is 4.89. The van der Waals surface area contributed by atoms with Crippen LogP contribution in [-0.2, 0) is 9.59 Å². The van der Waals surface area contributed by atoms with E-state index in [1.54, 1.807) is 30.1 Å². The van der Waals surface area contributed by atoms with E-state index in [1.165, 1.54) is 13.5 Å². The number of anilines is 1. The topological polar surface area (TPSA) is 61.9 Å². The minimum atomic E-state index is -0.357. The summed E-state index contributed by atoms with van der Waals surface area (Å²) in [6, 6.07) is 5.00. The molecule has 2 rings (SSSR count). The smallest absolute Gasteiger partial charge is 0.239 e. The van der Waals surface area contributed by atoms with E-state index in [0.29, 0.717) is 22.5 Å². The molecule has 0 aliphatic carbocycles. The van der Waals surface area contributed by atoms with Crippen molar-refractivity contribution in [1.29, 1.82) is 0 Å². The van der Waals surface area contributed by atoms with Gasteiger partial charge < -0.3 is 15.0 Å². The summed E-state index contributed by atoms with van der Waals surface area (Å²) in [4.78, 5) is 29.1. The van der Waals surface area contributed by atoms with Crippen LogP contribution in [0.25, 0.3) is 0 Å². The fourth-order valence-corrected chi connectivity index (χ4v) is 3.65. The number of carbonyl (C=O) groups excluding carboxylic acids is 2. The Morgan fingerprint density at radius 2 is 2.15 bits per heavy atom. The molecule has 1 fully saturated rings. The number of ether oxygens (including phenoxy) is 1. The predicted octanol–water partition coefficient (Wildman–Crippen LogP) is 3.40. The minimum Gasteiger partial charge on any atom is -0.495 e. The van der Waals surface area contributed by atoms with Crippen molar-refractivity contribution in [3.05, 3.63) is 23.2 Å². The summed E-state index contributed by atoms with van der Waals surface area (Å²) in [5.41, 5.74) is 0.518. The van der Waals surface area contributed by atoms with Crippen LogP contribution in [0, 0.1) is 0 Å². The first-order chi connectivity index (χ1) is 12.9. The molecule has 2 unspecified atom stereocenters.